The van der Waals surface area contributed by atoms with Crippen molar-refractivity contribution in [2.45, 2.75) is 6.92 Å². The van der Waals surface area contributed by atoms with E-state index >= 15 is 0 Å². The van der Waals surface area contributed by atoms with Crippen molar-refractivity contribution < 1.29 is 19.1 Å². The van der Waals surface area contributed by atoms with E-state index in [1.165, 1.54) is 17.4 Å². The highest BCUT2D eigenvalue weighted by atomic mass is 32.1. The van der Waals surface area contributed by atoms with E-state index in [0.29, 0.717) is 23.4 Å². The average Bonchev–Trinajstić information content (AvgIpc) is 3.46. The van der Waals surface area contributed by atoms with Crippen molar-refractivity contribution in [1.82, 2.24) is 5.32 Å². The predicted molar refractivity (Wildman–Crippen MR) is 152 cm³/mol. The van der Waals surface area contributed by atoms with Crippen molar-refractivity contribution in [1.29, 1.82) is 0 Å². The van der Waals surface area contributed by atoms with Crippen LogP contribution in [0, 0.1) is 0 Å². The maximum atomic E-state index is 13.1. The molecule has 0 fully saturated rings. The van der Waals surface area contributed by atoms with E-state index < -0.39 is 5.91 Å². The Morgan fingerprint density at radius 1 is 0.842 bits per heavy atom. The number of thiophene rings is 1. The van der Waals surface area contributed by atoms with Gasteiger partial charge in [-0.25, -0.2) is 0 Å². The Bertz CT molecular complexity index is 1440. The number of hydrogen-bond donors (Lipinski definition) is 2. The maximum absolute atomic E-state index is 13.1. The molecular formula is C31H26N2O4S. The molecule has 0 saturated heterocycles. The molecule has 0 aliphatic heterocycles. The van der Waals surface area contributed by atoms with E-state index in [1.807, 2.05) is 54.1 Å². The Morgan fingerprint density at radius 3 is 2.24 bits per heavy atom. The third-order valence-corrected chi connectivity index (χ3v) is 6.13. The lowest BCUT2D eigenvalue weighted by Gasteiger charge is -2.11. The van der Waals surface area contributed by atoms with Crippen LogP contribution in [0.4, 0.5) is 5.69 Å². The number of rotatable bonds is 10. The van der Waals surface area contributed by atoms with Gasteiger partial charge in [-0.1, -0.05) is 36.4 Å². The van der Waals surface area contributed by atoms with Gasteiger partial charge in [-0.05, 0) is 95.6 Å². The van der Waals surface area contributed by atoms with Crippen LogP contribution in [0.2, 0.25) is 0 Å². The molecule has 6 nitrogen and oxygen atoms in total. The number of carbonyl (C=O) groups is 3. The van der Waals surface area contributed by atoms with Gasteiger partial charge < -0.3 is 15.4 Å². The molecule has 190 valence electrons. The summed E-state index contributed by atoms with van der Waals surface area (Å²) in [6, 6.07) is 24.6. The van der Waals surface area contributed by atoms with Crippen LogP contribution in [-0.2, 0) is 4.79 Å². The molecule has 2 N–H and O–H groups in total. The van der Waals surface area contributed by atoms with Crippen LogP contribution in [0.15, 0.2) is 107 Å². The van der Waals surface area contributed by atoms with Crippen molar-refractivity contribution in [2.75, 3.05) is 11.9 Å². The first-order valence-electron chi connectivity index (χ1n) is 12.0. The SMILES string of the molecule is CCOc1ccc(/C=C/C(=O)c2ccc(NC(=O)/C(=C/c3ccsc3)NC(=O)c3ccccc3)cc2)cc1. The second kappa shape index (κ2) is 13.0. The number of ether oxygens (including phenoxy) is 1. The molecule has 2 amide bonds. The number of hydrogen-bond acceptors (Lipinski definition) is 5. The molecule has 0 aliphatic rings. The second-order valence-electron chi connectivity index (χ2n) is 8.17. The minimum absolute atomic E-state index is 0.107. The Morgan fingerprint density at radius 2 is 1.58 bits per heavy atom. The standard InChI is InChI=1S/C31H26N2O4S/c1-2-37-27-15-8-22(9-16-27)10-17-29(34)24-11-13-26(14-12-24)32-31(36)28(20-23-18-19-38-21-23)33-30(35)25-6-4-3-5-7-25/h3-21H,2H2,1H3,(H,32,36)(H,33,35)/b17-10+,28-20-. The molecule has 0 bridgehead atoms. The molecule has 4 rings (SSSR count). The van der Waals surface area contributed by atoms with E-state index in [1.54, 1.807) is 60.7 Å². The molecule has 7 heteroatoms. The molecule has 0 spiro atoms. The van der Waals surface area contributed by atoms with Gasteiger partial charge in [0.25, 0.3) is 11.8 Å². The highest BCUT2D eigenvalue weighted by Gasteiger charge is 2.15. The summed E-state index contributed by atoms with van der Waals surface area (Å²) in [5.74, 6) is -0.246. The number of benzene rings is 3. The van der Waals surface area contributed by atoms with Crippen LogP contribution < -0.4 is 15.4 Å². The van der Waals surface area contributed by atoms with Crippen molar-refractivity contribution in [3.8, 4) is 5.75 Å². The normalized spacial score (nSPS) is 11.2. The summed E-state index contributed by atoms with van der Waals surface area (Å²) in [7, 11) is 0. The minimum Gasteiger partial charge on any atom is -0.494 e. The number of carbonyl (C=O) groups excluding carboxylic acids is 3. The first-order chi connectivity index (χ1) is 18.5. The highest BCUT2D eigenvalue weighted by Crippen LogP contribution is 2.16. The van der Waals surface area contributed by atoms with Crippen molar-refractivity contribution in [3.63, 3.8) is 0 Å². The molecule has 0 atom stereocenters. The number of nitrogens with one attached hydrogen (secondary N) is 2. The Balaban J connectivity index is 1.42. The fraction of sp³-hybridized carbons (Fsp3) is 0.0645. The lowest BCUT2D eigenvalue weighted by Crippen LogP contribution is -2.30. The molecule has 0 saturated carbocycles. The van der Waals surface area contributed by atoms with Gasteiger partial charge in [0.15, 0.2) is 5.78 Å². The third kappa shape index (κ3) is 7.38. The van der Waals surface area contributed by atoms with E-state index in [2.05, 4.69) is 10.6 Å². The fourth-order valence-electron chi connectivity index (χ4n) is 3.49. The molecule has 4 aromatic rings. The molecule has 0 aliphatic carbocycles. The van der Waals surface area contributed by atoms with Crippen molar-refractivity contribution >= 4 is 46.8 Å². The average molecular weight is 523 g/mol. The van der Waals surface area contributed by atoms with Gasteiger partial charge in [0.1, 0.15) is 11.4 Å². The Kier molecular flexibility index (Phi) is 8.99. The van der Waals surface area contributed by atoms with Gasteiger partial charge in [0, 0.05) is 16.8 Å². The highest BCUT2D eigenvalue weighted by molar-refractivity contribution is 7.08. The Labute approximate surface area is 225 Å². The van der Waals surface area contributed by atoms with Crippen molar-refractivity contribution in [2.24, 2.45) is 0 Å². The molecule has 0 unspecified atom stereocenters. The second-order valence-corrected chi connectivity index (χ2v) is 8.95. The van der Waals surface area contributed by atoms with E-state index in [9.17, 15) is 14.4 Å². The monoisotopic (exact) mass is 522 g/mol. The van der Waals surface area contributed by atoms with Gasteiger partial charge in [-0.2, -0.15) is 11.3 Å². The van der Waals surface area contributed by atoms with Gasteiger partial charge in [0.2, 0.25) is 0 Å². The molecular weight excluding hydrogens is 496 g/mol. The van der Waals surface area contributed by atoms with Crippen LogP contribution >= 0.6 is 11.3 Å². The fourth-order valence-corrected chi connectivity index (χ4v) is 4.11. The maximum Gasteiger partial charge on any atom is 0.272 e. The number of ketones is 1. The van der Waals surface area contributed by atoms with Gasteiger partial charge in [-0.15, -0.1) is 0 Å². The summed E-state index contributed by atoms with van der Waals surface area (Å²) in [4.78, 5) is 38.4. The predicted octanol–water partition coefficient (Wildman–Crippen LogP) is 6.45. The molecule has 1 heterocycles. The van der Waals surface area contributed by atoms with Crippen LogP contribution in [0.5, 0.6) is 5.75 Å². The van der Waals surface area contributed by atoms with Crippen LogP contribution in [0.25, 0.3) is 12.2 Å². The summed E-state index contributed by atoms with van der Waals surface area (Å²) in [6.07, 6.45) is 4.87. The van der Waals surface area contributed by atoms with Crippen LogP contribution in [-0.4, -0.2) is 24.2 Å². The van der Waals surface area contributed by atoms with E-state index in [-0.39, 0.29) is 17.4 Å². The lowest BCUT2D eigenvalue weighted by molar-refractivity contribution is -0.113. The van der Waals surface area contributed by atoms with Crippen molar-refractivity contribution in [3.05, 3.63) is 130 Å². The molecule has 38 heavy (non-hydrogen) atoms. The molecule has 1 aromatic heterocycles. The molecule has 3 aromatic carbocycles. The van der Waals surface area contributed by atoms with Crippen LogP contribution in [0.1, 0.15) is 38.8 Å². The van der Waals surface area contributed by atoms with E-state index in [4.69, 9.17) is 4.74 Å². The number of amides is 2. The zero-order valence-corrected chi connectivity index (χ0v) is 21.5. The first-order valence-corrected chi connectivity index (χ1v) is 12.9. The third-order valence-electron chi connectivity index (χ3n) is 5.43. The van der Waals surface area contributed by atoms with E-state index in [0.717, 1.165) is 16.9 Å². The summed E-state index contributed by atoms with van der Waals surface area (Å²) in [5, 5.41) is 9.27. The zero-order chi connectivity index (χ0) is 26.7. The first kappa shape index (κ1) is 26.3. The lowest BCUT2D eigenvalue weighted by atomic mass is 10.1. The number of allylic oxidation sites excluding steroid dienone is 1. The van der Waals surface area contributed by atoms with Gasteiger partial charge in [0.05, 0.1) is 6.61 Å². The van der Waals surface area contributed by atoms with Gasteiger partial charge >= 0.3 is 0 Å². The zero-order valence-electron chi connectivity index (χ0n) is 20.7. The summed E-state index contributed by atoms with van der Waals surface area (Å²) < 4.78 is 5.43. The summed E-state index contributed by atoms with van der Waals surface area (Å²) >= 11 is 1.49. The summed E-state index contributed by atoms with van der Waals surface area (Å²) in [5.41, 5.74) is 3.21. The molecule has 0 radical (unpaired) electrons. The number of anilines is 1. The topological polar surface area (TPSA) is 84.5 Å². The quantitative estimate of drug-likeness (QED) is 0.185. The van der Waals surface area contributed by atoms with Crippen LogP contribution in [0.3, 0.4) is 0 Å². The summed E-state index contributed by atoms with van der Waals surface area (Å²) in [6.45, 7) is 2.52. The Hall–Kier alpha value is -4.75. The van der Waals surface area contributed by atoms with Gasteiger partial charge in [-0.3, -0.25) is 14.4 Å². The minimum atomic E-state index is -0.477. The largest absolute Gasteiger partial charge is 0.494 e. The smallest absolute Gasteiger partial charge is 0.272 e.